The molecule has 0 saturated carbocycles. The third kappa shape index (κ3) is 10.1. The van der Waals surface area contributed by atoms with Crippen molar-refractivity contribution in [3.8, 4) is 17.2 Å². The van der Waals surface area contributed by atoms with Gasteiger partial charge in [0.25, 0.3) is 0 Å². The van der Waals surface area contributed by atoms with Crippen molar-refractivity contribution in [3.63, 3.8) is 0 Å². The predicted octanol–water partition coefficient (Wildman–Crippen LogP) is 2.17. The maximum absolute atomic E-state index is 10.2. The zero-order chi connectivity index (χ0) is 23.2. The number of nitrogens with one attached hydrogen (secondary N) is 1. The van der Waals surface area contributed by atoms with Gasteiger partial charge in [0.15, 0.2) is 0 Å². The molecule has 0 saturated heterocycles. The van der Waals surface area contributed by atoms with E-state index in [0.29, 0.717) is 37.2 Å². The van der Waals surface area contributed by atoms with Crippen molar-refractivity contribution in [3.05, 3.63) is 53.6 Å². The molecular formula is C23H34NO7P. The molecule has 178 valence electrons. The second-order valence-electron chi connectivity index (χ2n) is 7.43. The van der Waals surface area contributed by atoms with E-state index in [1.54, 1.807) is 12.1 Å². The average Bonchev–Trinajstić information content (AvgIpc) is 2.80. The van der Waals surface area contributed by atoms with Crippen molar-refractivity contribution in [2.45, 2.75) is 38.5 Å². The minimum absolute atomic E-state index is 0.0131. The number of hydrogen-bond acceptors (Lipinski definition) is 8. The van der Waals surface area contributed by atoms with Gasteiger partial charge in [0.1, 0.15) is 36.3 Å². The van der Waals surface area contributed by atoms with Crippen LogP contribution in [0, 0.1) is 0 Å². The molecule has 0 radical (unpaired) electrons. The lowest BCUT2D eigenvalue weighted by molar-refractivity contribution is 0.104. The zero-order valence-electron chi connectivity index (χ0n) is 18.4. The molecule has 0 fully saturated rings. The van der Waals surface area contributed by atoms with Crippen LogP contribution in [0.15, 0.2) is 42.5 Å². The standard InChI is InChI=1S/C23H34NO7P/c1-17(11-18-3-5-21(6-4-18)30-16-32-31-10-2-9-25)24-13-20(27)15-29-22-7-8-23(28)19(12-22)14-26/h3-8,12,17,20,24-28,32H,2,9-11,13-16H2,1H3/t17-,20+/m1/s1. The van der Waals surface area contributed by atoms with E-state index in [4.69, 9.17) is 19.1 Å². The topological polar surface area (TPSA) is 121 Å². The maximum Gasteiger partial charge on any atom is 0.129 e. The number of phenols is 1. The monoisotopic (exact) mass is 467 g/mol. The van der Waals surface area contributed by atoms with Crippen molar-refractivity contribution in [1.29, 1.82) is 0 Å². The van der Waals surface area contributed by atoms with Crippen LogP contribution in [0.5, 0.6) is 17.2 Å². The molecule has 1 unspecified atom stereocenters. The number of aromatic hydroxyl groups is 1. The summed E-state index contributed by atoms with van der Waals surface area (Å²) in [7, 11) is 0.248. The van der Waals surface area contributed by atoms with Crippen LogP contribution in [0.1, 0.15) is 24.5 Å². The highest BCUT2D eigenvalue weighted by Gasteiger charge is 2.10. The summed E-state index contributed by atoms with van der Waals surface area (Å²) < 4.78 is 16.5. The lowest BCUT2D eigenvalue weighted by Crippen LogP contribution is -2.37. The summed E-state index contributed by atoms with van der Waals surface area (Å²) in [6, 6.07) is 12.7. The van der Waals surface area contributed by atoms with Gasteiger partial charge in [-0.25, -0.2) is 0 Å². The Morgan fingerprint density at radius 3 is 2.50 bits per heavy atom. The van der Waals surface area contributed by atoms with Crippen molar-refractivity contribution >= 4 is 8.81 Å². The van der Waals surface area contributed by atoms with Crippen LogP contribution < -0.4 is 14.8 Å². The first-order valence-corrected chi connectivity index (χ1v) is 11.8. The van der Waals surface area contributed by atoms with Gasteiger partial charge >= 0.3 is 0 Å². The normalized spacial score (nSPS) is 13.4. The fraction of sp³-hybridized carbons (Fsp3) is 0.478. The Morgan fingerprint density at radius 2 is 1.78 bits per heavy atom. The van der Waals surface area contributed by atoms with Gasteiger partial charge in [-0.2, -0.15) is 0 Å². The SMILES string of the molecule is C[C@H](Cc1ccc(OCPOCCCO)cc1)NC[C@H](O)COc1ccc(O)c(CO)c1. The summed E-state index contributed by atoms with van der Waals surface area (Å²) in [5.74, 6) is 1.29. The van der Waals surface area contributed by atoms with Crippen molar-refractivity contribution in [2.75, 3.05) is 32.7 Å². The van der Waals surface area contributed by atoms with Gasteiger partial charge in [0, 0.05) is 24.8 Å². The minimum atomic E-state index is -0.694. The van der Waals surface area contributed by atoms with Gasteiger partial charge < -0.3 is 39.7 Å². The number of hydrogen-bond donors (Lipinski definition) is 5. The van der Waals surface area contributed by atoms with E-state index in [-0.39, 0.29) is 40.4 Å². The number of aliphatic hydroxyl groups is 3. The van der Waals surface area contributed by atoms with Gasteiger partial charge in [0.2, 0.25) is 0 Å². The number of rotatable bonds is 16. The summed E-state index contributed by atoms with van der Waals surface area (Å²) in [4.78, 5) is 0. The third-order valence-corrected chi connectivity index (χ3v) is 5.31. The van der Waals surface area contributed by atoms with Crippen LogP contribution in [-0.4, -0.2) is 65.3 Å². The summed E-state index contributed by atoms with van der Waals surface area (Å²) >= 11 is 0. The van der Waals surface area contributed by atoms with Gasteiger partial charge in [-0.3, -0.25) is 0 Å². The molecule has 0 heterocycles. The Balaban J connectivity index is 1.64. The first kappa shape index (κ1) is 26.3. The van der Waals surface area contributed by atoms with Crippen LogP contribution in [-0.2, 0) is 17.6 Å². The van der Waals surface area contributed by atoms with Crippen molar-refractivity contribution in [1.82, 2.24) is 5.32 Å². The Labute approximate surface area is 191 Å². The van der Waals surface area contributed by atoms with E-state index < -0.39 is 6.10 Å². The third-order valence-electron chi connectivity index (χ3n) is 4.64. The molecular weight excluding hydrogens is 433 g/mol. The molecule has 3 atom stereocenters. The summed E-state index contributed by atoms with van der Waals surface area (Å²) in [5.41, 5.74) is 1.54. The first-order chi connectivity index (χ1) is 15.5. The van der Waals surface area contributed by atoms with Crippen molar-refractivity contribution < 1.29 is 34.4 Å². The van der Waals surface area contributed by atoms with Gasteiger partial charge in [-0.1, -0.05) is 12.1 Å². The summed E-state index contributed by atoms with van der Waals surface area (Å²) in [6.07, 6.45) is 1.24. The highest BCUT2D eigenvalue weighted by Crippen LogP contribution is 2.23. The Bertz CT molecular complexity index is 775. The molecule has 32 heavy (non-hydrogen) atoms. The molecule has 2 rings (SSSR count). The molecule has 5 N–H and O–H groups in total. The van der Waals surface area contributed by atoms with Crippen LogP contribution >= 0.6 is 8.81 Å². The quantitative estimate of drug-likeness (QED) is 0.188. The van der Waals surface area contributed by atoms with Gasteiger partial charge in [-0.05, 0) is 55.7 Å². The van der Waals surface area contributed by atoms with Crippen LogP contribution in [0.4, 0.5) is 0 Å². The molecule has 0 aliphatic carbocycles. The fourth-order valence-corrected chi connectivity index (χ4v) is 3.48. The van der Waals surface area contributed by atoms with Gasteiger partial charge in [-0.15, -0.1) is 0 Å². The minimum Gasteiger partial charge on any atom is -0.508 e. The molecule has 2 aromatic rings. The number of aliphatic hydroxyl groups excluding tert-OH is 3. The smallest absolute Gasteiger partial charge is 0.129 e. The molecule has 0 aromatic heterocycles. The van der Waals surface area contributed by atoms with E-state index >= 15 is 0 Å². The zero-order valence-corrected chi connectivity index (χ0v) is 19.4. The Hall–Kier alpha value is -1.93. The van der Waals surface area contributed by atoms with Crippen molar-refractivity contribution in [2.24, 2.45) is 0 Å². The van der Waals surface area contributed by atoms with Gasteiger partial charge in [0.05, 0.1) is 22.0 Å². The Morgan fingerprint density at radius 1 is 1.03 bits per heavy atom. The predicted molar refractivity (Wildman–Crippen MR) is 125 cm³/mol. The van der Waals surface area contributed by atoms with E-state index in [2.05, 4.69) is 12.2 Å². The second kappa shape index (κ2) is 15.0. The summed E-state index contributed by atoms with van der Waals surface area (Å²) in [6.45, 7) is 2.94. The highest BCUT2D eigenvalue weighted by molar-refractivity contribution is 7.31. The molecule has 0 aliphatic heterocycles. The molecule has 0 bridgehead atoms. The molecule has 2 aromatic carbocycles. The van der Waals surface area contributed by atoms with E-state index in [1.165, 1.54) is 6.07 Å². The van der Waals surface area contributed by atoms with E-state index in [1.807, 2.05) is 24.3 Å². The average molecular weight is 467 g/mol. The molecule has 0 amide bonds. The van der Waals surface area contributed by atoms with Crippen LogP contribution in [0.3, 0.4) is 0 Å². The molecule has 0 aliphatic rings. The molecule has 0 spiro atoms. The number of ether oxygens (including phenoxy) is 2. The lowest BCUT2D eigenvalue weighted by Gasteiger charge is -2.18. The first-order valence-electron chi connectivity index (χ1n) is 10.7. The number of benzene rings is 2. The maximum atomic E-state index is 10.2. The molecule has 9 heteroatoms. The van der Waals surface area contributed by atoms with Crippen LogP contribution in [0.25, 0.3) is 0 Å². The van der Waals surface area contributed by atoms with E-state index in [0.717, 1.165) is 17.7 Å². The fourth-order valence-electron chi connectivity index (χ4n) is 2.88. The highest BCUT2D eigenvalue weighted by atomic mass is 31.1. The lowest BCUT2D eigenvalue weighted by atomic mass is 10.1. The van der Waals surface area contributed by atoms with Crippen LogP contribution in [0.2, 0.25) is 0 Å². The second-order valence-corrected chi connectivity index (χ2v) is 8.30. The molecule has 8 nitrogen and oxygen atoms in total. The Kier molecular flexibility index (Phi) is 12.3. The summed E-state index contributed by atoms with van der Waals surface area (Å²) in [5, 5.41) is 40.9. The van der Waals surface area contributed by atoms with E-state index in [9.17, 15) is 15.3 Å². The largest absolute Gasteiger partial charge is 0.508 e.